The summed E-state index contributed by atoms with van der Waals surface area (Å²) in [6.45, 7) is 6.82. The molecule has 0 atom stereocenters. The van der Waals surface area contributed by atoms with E-state index in [4.69, 9.17) is 0 Å². The van der Waals surface area contributed by atoms with E-state index in [9.17, 15) is 0 Å². The average molecular weight is 422 g/mol. The van der Waals surface area contributed by atoms with Crippen LogP contribution in [0.15, 0.2) is 82.8 Å². The van der Waals surface area contributed by atoms with Crippen LogP contribution in [0.2, 0.25) is 0 Å². The van der Waals surface area contributed by atoms with Gasteiger partial charge in [0.2, 0.25) is 0 Å². The Morgan fingerprint density at radius 1 is 0.846 bits per heavy atom. The number of hydrogen-bond acceptors (Lipinski definition) is 1. The molecule has 1 aliphatic carbocycles. The number of hydrogen-bond donors (Lipinski definition) is 1. The van der Waals surface area contributed by atoms with Crippen molar-refractivity contribution >= 4 is 3.81 Å². The zero-order valence-electron chi connectivity index (χ0n) is 15.5. The van der Waals surface area contributed by atoms with Crippen molar-refractivity contribution in [3.8, 4) is 0 Å². The zero-order chi connectivity index (χ0) is 17.0. The molecular formula is C22H25Cl2NTi. The van der Waals surface area contributed by atoms with Crippen molar-refractivity contribution < 1.29 is 42.5 Å². The predicted molar refractivity (Wildman–Crippen MR) is 101 cm³/mol. The summed E-state index contributed by atoms with van der Waals surface area (Å²) in [4.78, 5) is 0. The van der Waals surface area contributed by atoms with E-state index in [2.05, 4.69) is 103 Å². The van der Waals surface area contributed by atoms with Gasteiger partial charge in [-0.1, -0.05) is 0 Å². The fraction of sp³-hybridized carbons (Fsp3) is 0.227. The van der Waals surface area contributed by atoms with Crippen molar-refractivity contribution in [2.45, 2.75) is 32.7 Å². The van der Waals surface area contributed by atoms with Crippen LogP contribution in [0, 0.1) is 0 Å². The Balaban J connectivity index is 0.00000169. The number of allylic oxidation sites excluding steroid dienone is 4. The molecular weight excluding hydrogens is 397 g/mol. The number of halogens is 2. The molecule has 1 aliphatic rings. The molecule has 2 aromatic carbocycles. The molecule has 1 N–H and O–H groups in total. The SMILES string of the molecule is CC(C)(C)[NH][Ti+2]([C]1=CC=CC1)=[C](c1ccccc1)c1ccccc1.[Cl-].[Cl-]. The van der Waals surface area contributed by atoms with Crippen LogP contribution in [0.3, 0.4) is 0 Å². The Labute approximate surface area is 176 Å². The molecule has 136 valence electrons. The summed E-state index contributed by atoms with van der Waals surface area (Å²) >= 11 is -1.86. The van der Waals surface area contributed by atoms with Gasteiger partial charge in [-0.05, 0) is 0 Å². The van der Waals surface area contributed by atoms with Gasteiger partial charge in [0.25, 0.3) is 0 Å². The summed E-state index contributed by atoms with van der Waals surface area (Å²) in [5.74, 6) is 0. The van der Waals surface area contributed by atoms with Gasteiger partial charge in [0.15, 0.2) is 0 Å². The molecule has 0 unspecified atom stereocenters. The third kappa shape index (κ3) is 6.04. The molecule has 0 bridgehead atoms. The molecule has 0 amide bonds. The van der Waals surface area contributed by atoms with Crippen molar-refractivity contribution in [1.29, 1.82) is 0 Å². The molecule has 3 rings (SSSR count). The molecule has 0 saturated heterocycles. The summed E-state index contributed by atoms with van der Waals surface area (Å²) in [6.07, 6.45) is 7.90. The first-order valence-electron chi connectivity index (χ1n) is 8.54. The largest absolute Gasteiger partial charge is 1.00 e. The third-order valence-corrected chi connectivity index (χ3v) is 8.79. The van der Waals surface area contributed by atoms with Gasteiger partial charge in [0.05, 0.1) is 0 Å². The van der Waals surface area contributed by atoms with Crippen molar-refractivity contribution in [3.05, 3.63) is 93.9 Å². The maximum atomic E-state index is 4.02. The van der Waals surface area contributed by atoms with Gasteiger partial charge >= 0.3 is 152 Å². The number of benzene rings is 2. The van der Waals surface area contributed by atoms with Gasteiger partial charge in [-0.3, -0.25) is 0 Å². The van der Waals surface area contributed by atoms with E-state index in [1.54, 1.807) is 3.88 Å². The molecule has 1 nitrogen and oxygen atoms in total. The number of nitrogens with one attached hydrogen (secondary N) is 1. The second kappa shape index (κ2) is 10.4. The van der Waals surface area contributed by atoms with Gasteiger partial charge in [-0.25, -0.2) is 0 Å². The van der Waals surface area contributed by atoms with Crippen LogP contribution in [0.1, 0.15) is 38.3 Å². The Bertz CT molecular complexity index is 746. The molecule has 0 aromatic heterocycles. The standard InChI is InChI=1S/C13H10.C5H5.C4H10N.2ClH.Ti/c1-3-7-12(8-4-1)11-13-9-5-2-6-10-13;1-2-4-5-3-1;1-4(2,3)5;;;/h1-10H;1-3H,4H2;5H,1-3H3;2*1H;/q;;-1;;;+3/p-2. The second-order valence-electron chi connectivity index (χ2n) is 7.18. The van der Waals surface area contributed by atoms with Gasteiger partial charge in [-0.2, -0.15) is 0 Å². The molecule has 26 heavy (non-hydrogen) atoms. The Kier molecular flexibility index (Phi) is 9.23. The van der Waals surface area contributed by atoms with Crippen LogP contribution >= 0.6 is 0 Å². The third-order valence-electron chi connectivity index (χ3n) is 3.97. The first-order chi connectivity index (χ1) is 11.5. The molecule has 0 spiro atoms. The molecule has 0 radical (unpaired) electrons. The summed E-state index contributed by atoms with van der Waals surface area (Å²) in [6, 6.07) is 21.8. The van der Waals surface area contributed by atoms with E-state index in [1.165, 1.54) is 14.9 Å². The van der Waals surface area contributed by atoms with Crippen LogP contribution in [-0.4, -0.2) is 9.35 Å². The second-order valence-corrected chi connectivity index (χ2v) is 10.5. The molecule has 0 saturated carbocycles. The van der Waals surface area contributed by atoms with Gasteiger partial charge in [-0.15, -0.1) is 0 Å². The quantitative estimate of drug-likeness (QED) is 0.626. The molecule has 0 aliphatic heterocycles. The maximum absolute atomic E-state index is 4.02. The topological polar surface area (TPSA) is 12.0 Å². The fourth-order valence-electron chi connectivity index (χ4n) is 2.98. The van der Waals surface area contributed by atoms with E-state index in [0.29, 0.717) is 0 Å². The van der Waals surface area contributed by atoms with Gasteiger partial charge in [0.1, 0.15) is 0 Å². The van der Waals surface area contributed by atoms with Gasteiger partial charge in [0, 0.05) is 0 Å². The normalized spacial score (nSPS) is 12.3. The molecule has 2 aromatic rings. The van der Waals surface area contributed by atoms with Crippen molar-refractivity contribution in [2.75, 3.05) is 0 Å². The minimum Gasteiger partial charge on any atom is -1.00 e. The van der Waals surface area contributed by atoms with E-state index >= 15 is 0 Å². The monoisotopic (exact) mass is 421 g/mol. The zero-order valence-corrected chi connectivity index (χ0v) is 18.5. The molecule has 0 heterocycles. The summed E-state index contributed by atoms with van der Waals surface area (Å²) < 4.78 is 7.12. The fourth-order valence-corrected chi connectivity index (χ4v) is 7.43. The van der Waals surface area contributed by atoms with Crippen molar-refractivity contribution in [2.24, 2.45) is 0 Å². The van der Waals surface area contributed by atoms with Crippen LogP contribution in [0.4, 0.5) is 0 Å². The Morgan fingerprint density at radius 3 is 1.73 bits per heavy atom. The predicted octanol–water partition coefficient (Wildman–Crippen LogP) is -0.971. The first-order valence-corrected chi connectivity index (χ1v) is 10.9. The van der Waals surface area contributed by atoms with E-state index in [-0.39, 0.29) is 30.4 Å². The summed E-state index contributed by atoms with van der Waals surface area (Å²) in [5.41, 5.74) is 2.81. The van der Waals surface area contributed by atoms with E-state index in [1.807, 2.05) is 0 Å². The van der Waals surface area contributed by atoms with Crippen molar-refractivity contribution in [1.82, 2.24) is 3.80 Å². The van der Waals surface area contributed by atoms with E-state index < -0.39 is 17.7 Å². The first kappa shape index (κ1) is 23.1. The maximum Gasteiger partial charge on any atom is -1.00 e. The number of rotatable bonds is 4. The summed E-state index contributed by atoms with van der Waals surface area (Å²) in [5, 5.41) is 0. The molecule has 4 heteroatoms. The average Bonchev–Trinajstić information content (AvgIpc) is 3.09. The minimum absolute atomic E-state index is 0. The van der Waals surface area contributed by atoms with E-state index in [0.717, 1.165) is 6.42 Å². The van der Waals surface area contributed by atoms with Crippen molar-refractivity contribution in [3.63, 3.8) is 0 Å². The summed E-state index contributed by atoms with van der Waals surface area (Å²) in [7, 11) is 0. The Hall–Kier alpha value is -0.956. The Morgan fingerprint density at radius 2 is 1.35 bits per heavy atom. The minimum atomic E-state index is -1.86. The van der Waals surface area contributed by atoms with Gasteiger partial charge < -0.3 is 24.8 Å². The van der Waals surface area contributed by atoms with Crippen LogP contribution < -0.4 is 28.6 Å². The molecule has 0 fully saturated rings. The van der Waals surface area contributed by atoms with Crippen LogP contribution in [0.5, 0.6) is 0 Å². The van der Waals surface area contributed by atoms with Crippen LogP contribution in [-0.2, 0) is 17.7 Å². The smallest absolute Gasteiger partial charge is 1.00 e. The van der Waals surface area contributed by atoms with Crippen LogP contribution in [0.25, 0.3) is 0 Å².